The highest BCUT2D eigenvalue weighted by atomic mass is 16.5. The number of rotatable bonds is 6. The molecule has 0 radical (unpaired) electrons. The molecule has 0 unspecified atom stereocenters. The van der Waals surface area contributed by atoms with E-state index in [0.717, 1.165) is 18.7 Å². The zero-order valence-corrected chi connectivity index (χ0v) is 13.0. The number of nitrogens with zero attached hydrogens (tertiary/aromatic N) is 1. The quantitative estimate of drug-likeness (QED) is 0.479. The highest BCUT2D eigenvalue weighted by molar-refractivity contribution is 5.92. The molecule has 21 heavy (non-hydrogen) atoms. The molecule has 1 aromatic rings. The Bertz CT molecular complexity index is 436. The third-order valence-corrected chi connectivity index (χ3v) is 3.81. The number of guanidine groups is 1. The van der Waals surface area contributed by atoms with Crippen LogP contribution < -0.4 is 11.1 Å². The third-order valence-electron chi connectivity index (χ3n) is 3.81. The normalized spacial score (nSPS) is 16.9. The molecule has 0 aliphatic heterocycles. The first-order chi connectivity index (χ1) is 10.2. The molecule has 1 aliphatic carbocycles. The van der Waals surface area contributed by atoms with Crippen molar-refractivity contribution in [2.75, 3.05) is 18.5 Å². The summed E-state index contributed by atoms with van der Waals surface area (Å²) in [6.45, 7) is 3.55. The topological polar surface area (TPSA) is 59.6 Å². The summed E-state index contributed by atoms with van der Waals surface area (Å²) in [7, 11) is 0. The Morgan fingerprint density at radius 2 is 1.95 bits per heavy atom. The van der Waals surface area contributed by atoms with Crippen molar-refractivity contribution in [2.24, 2.45) is 10.7 Å². The Morgan fingerprint density at radius 3 is 2.67 bits per heavy atom. The van der Waals surface area contributed by atoms with Crippen LogP contribution in [0, 0.1) is 6.92 Å². The van der Waals surface area contributed by atoms with Crippen LogP contribution in [0.1, 0.15) is 44.1 Å². The Morgan fingerprint density at radius 1 is 1.24 bits per heavy atom. The molecule has 4 nitrogen and oxygen atoms in total. The molecule has 0 aromatic heterocycles. The van der Waals surface area contributed by atoms with Gasteiger partial charge in [0.05, 0.1) is 6.10 Å². The summed E-state index contributed by atoms with van der Waals surface area (Å²) in [5, 5.41) is 3.10. The monoisotopic (exact) mass is 289 g/mol. The molecule has 1 saturated carbocycles. The smallest absolute Gasteiger partial charge is 0.193 e. The minimum Gasteiger partial charge on any atom is -0.378 e. The van der Waals surface area contributed by atoms with Gasteiger partial charge in [-0.15, -0.1) is 0 Å². The predicted molar refractivity (Wildman–Crippen MR) is 88.7 cm³/mol. The largest absolute Gasteiger partial charge is 0.378 e. The molecule has 0 bridgehead atoms. The van der Waals surface area contributed by atoms with Gasteiger partial charge in [-0.3, -0.25) is 4.99 Å². The third kappa shape index (κ3) is 6.17. The van der Waals surface area contributed by atoms with Crippen LogP contribution in [0.15, 0.2) is 29.3 Å². The fraction of sp³-hybridized carbons (Fsp3) is 0.588. The lowest BCUT2D eigenvalue weighted by atomic mass is 9.98. The second-order valence-corrected chi connectivity index (χ2v) is 5.74. The summed E-state index contributed by atoms with van der Waals surface area (Å²) in [6, 6.07) is 8.11. The van der Waals surface area contributed by atoms with Crippen molar-refractivity contribution in [3.8, 4) is 0 Å². The summed E-state index contributed by atoms with van der Waals surface area (Å²) < 4.78 is 5.87. The summed E-state index contributed by atoms with van der Waals surface area (Å²) in [6.07, 6.45) is 7.84. The highest BCUT2D eigenvalue weighted by Gasteiger charge is 2.12. The Balaban J connectivity index is 1.60. The molecule has 4 heteroatoms. The average molecular weight is 289 g/mol. The Labute approximate surface area is 127 Å². The van der Waals surface area contributed by atoms with Crippen LogP contribution in [0.3, 0.4) is 0 Å². The molecule has 116 valence electrons. The van der Waals surface area contributed by atoms with E-state index in [1.54, 1.807) is 0 Å². The van der Waals surface area contributed by atoms with Crippen LogP contribution in [-0.4, -0.2) is 25.2 Å². The molecule has 0 amide bonds. The number of aryl methyl sites for hydroxylation is 1. The molecular formula is C17H27N3O. The van der Waals surface area contributed by atoms with Crippen LogP contribution in [0.25, 0.3) is 0 Å². The molecule has 1 aromatic carbocycles. The van der Waals surface area contributed by atoms with Gasteiger partial charge >= 0.3 is 0 Å². The molecule has 0 heterocycles. The van der Waals surface area contributed by atoms with Crippen LogP contribution in [0.2, 0.25) is 0 Å². The van der Waals surface area contributed by atoms with Gasteiger partial charge in [0.15, 0.2) is 5.96 Å². The van der Waals surface area contributed by atoms with E-state index >= 15 is 0 Å². The fourth-order valence-electron chi connectivity index (χ4n) is 2.57. The standard InChI is InChI=1S/C17H27N3O/c1-14-8-10-15(11-9-14)20-17(18)19-12-5-13-21-16-6-3-2-4-7-16/h8-11,16H,2-7,12-13H2,1H3,(H3,18,19,20). The van der Waals surface area contributed by atoms with Gasteiger partial charge in [0, 0.05) is 18.8 Å². The second kappa shape index (κ2) is 8.67. The highest BCUT2D eigenvalue weighted by Crippen LogP contribution is 2.20. The number of ether oxygens (including phenoxy) is 1. The van der Waals surface area contributed by atoms with E-state index in [0.29, 0.717) is 18.6 Å². The lowest BCUT2D eigenvalue weighted by Gasteiger charge is -2.21. The maximum absolute atomic E-state index is 5.87. The maximum atomic E-state index is 5.87. The molecule has 3 N–H and O–H groups in total. The van der Waals surface area contributed by atoms with Gasteiger partial charge in [0.2, 0.25) is 0 Å². The van der Waals surface area contributed by atoms with Gasteiger partial charge in [-0.2, -0.15) is 0 Å². The van der Waals surface area contributed by atoms with E-state index in [2.05, 4.69) is 17.2 Å². The number of anilines is 1. The Hall–Kier alpha value is -1.55. The van der Waals surface area contributed by atoms with Gasteiger partial charge in [-0.05, 0) is 38.3 Å². The first kappa shape index (κ1) is 15.8. The SMILES string of the molecule is Cc1ccc(NC(N)=NCCCOC2CCCCC2)cc1. The van der Waals surface area contributed by atoms with Crippen molar-refractivity contribution < 1.29 is 4.74 Å². The van der Waals surface area contributed by atoms with Crippen LogP contribution in [0.5, 0.6) is 0 Å². The predicted octanol–water partition coefficient (Wildman–Crippen LogP) is 3.46. The van der Waals surface area contributed by atoms with Crippen molar-refractivity contribution in [3.05, 3.63) is 29.8 Å². The van der Waals surface area contributed by atoms with Crippen molar-refractivity contribution >= 4 is 11.6 Å². The van der Waals surface area contributed by atoms with Crippen LogP contribution in [-0.2, 0) is 4.74 Å². The van der Waals surface area contributed by atoms with Gasteiger partial charge in [0.1, 0.15) is 0 Å². The van der Waals surface area contributed by atoms with Gasteiger partial charge in [0.25, 0.3) is 0 Å². The number of hydrogen-bond acceptors (Lipinski definition) is 2. The second-order valence-electron chi connectivity index (χ2n) is 5.74. The first-order valence-electron chi connectivity index (χ1n) is 7.99. The van der Waals surface area contributed by atoms with E-state index in [4.69, 9.17) is 10.5 Å². The number of nitrogens with two attached hydrogens (primary N) is 1. The van der Waals surface area contributed by atoms with Crippen molar-refractivity contribution in [1.29, 1.82) is 0 Å². The lowest BCUT2D eigenvalue weighted by Crippen LogP contribution is -2.23. The molecule has 0 saturated heterocycles. The molecular weight excluding hydrogens is 262 g/mol. The molecule has 2 rings (SSSR count). The van der Waals surface area contributed by atoms with Crippen LogP contribution in [0.4, 0.5) is 5.69 Å². The molecule has 0 spiro atoms. The molecule has 1 fully saturated rings. The number of benzene rings is 1. The van der Waals surface area contributed by atoms with Crippen molar-refractivity contribution in [2.45, 2.75) is 51.6 Å². The van der Waals surface area contributed by atoms with E-state index in [9.17, 15) is 0 Å². The van der Waals surface area contributed by atoms with Crippen LogP contribution >= 0.6 is 0 Å². The number of nitrogens with one attached hydrogen (secondary N) is 1. The maximum Gasteiger partial charge on any atom is 0.193 e. The number of aliphatic imine (C=N–C) groups is 1. The zero-order chi connectivity index (χ0) is 14.9. The Kier molecular flexibility index (Phi) is 6.54. The molecule has 0 atom stereocenters. The summed E-state index contributed by atoms with van der Waals surface area (Å²) in [4.78, 5) is 4.33. The molecule has 1 aliphatic rings. The van der Waals surface area contributed by atoms with Gasteiger partial charge in [-0.1, -0.05) is 37.0 Å². The first-order valence-corrected chi connectivity index (χ1v) is 7.99. The summed E-state index contributed by atoms with van der Waals surface area (Å²) in [5.74, 6) is 0.469. The van der Waals surface area contributed by atoms with Crippen molar-refractivity contribution in [1.82, 2.24) is 0 Å². The van der Waals surface area contributed by atoms with Gasteiger partial charge in [-0.25, -0.2) is 0 Å². The van der Waals surface area contributed by atoms with E-state index < -0.39 is 0 Å². The zero-order valence-electron chi connectivity index (χ0n) is 13.0. The lowest BCUT2D eigenvalue weighted by molar-refractivity contribution is 0.0281. The minimum atomic E-state index is 0.469. The van der Waals surface area contributed by atoms with Crippen molar-refractivity contribution in [3.63, 3.8) is 0 Å². The summed E-state index contributed by atoms with van der Waals surface area (Å²) >= 11 is 0. The van der Waals surface area contributed by atoms with E-state index in [-0.39, 0.29) is 0 Å². The minimum absolute atomic E-state index is 0.469. The number of hydrogen-bond donors (Lipinski definition) is 2. The van der Waals surface area contributed by atoms with E-state index in [1.165, 1.54) is 37.7 Å². The van der Waals surface area contributed by atoms with Gasteiger partial charge < -0.3 is 15.8 Å². The van der Waals surface area contributed by atoms with E-state index in [1.807, 2.05) is 24.3 Å². The fourth-order valence-corrected chi connectivity index (χ4v) is 2.57. The average Bonchev–Trinajstić information content (AvgIpc) is 2.50. The summed E-state index contributed by atoms with van der Waals surface area (Å²) in [5.41, 5.74) is 8.07.